The lowest BCUT2D eigenvalue weighted by molar-refractivity contribution is -0.688. The van der Waals surface area contributed by atoms with E-state index in [-0.39, 0.29) is 21.7 Å². The number of hydrogen-bond acceptors (Lipinski definition) is 6. The van der Waals surface area contributed by atoms with Gasteiger partial charge in [-0.1, -0.05) is 152 Å². The first-order chi connectivity index (χ1) is 42.5. The smallest absolute Gasteiger partial charge is 0.173 e. The zero-order valence-corrected chi connectivity index (χ0v) is 51.2. The van der Waals surface area contributed by atoms with E-state index in [2.05, 4.69) is 243 Å². The maximum Gasteiger partial charge on any atom is 0.173 e. The summed E-state index contributed by atoms with van der Waals surface area (Å²) in [6.45, 7) is 20.6. The number of hydrogen-bond donors (Lipinski definition) is 0. The Morgan fingerprint density at radius 3 is 1.15 bits per heavy atom. The van der Waals surface area contributed by atoms with Gasteiger partial charge in [0.15, 0.2) is 37.9 Å². The summed E-state index contributed by atoms with van der Waals surface area (Å²) in [6, 6.07) is 59.3. The van der Waals surface area contributed by atoms with Crippen LogP contribution in [0.25, 0.3) is 79.0 Å². The van der Waals surface area contributed by atoms with Crippen molar-refractivity contribution in [2.45, 2.75) is 68.5 Å². The zero-order valence-electron chi connectivity index (χ0n) is 51.2. The summed E-state index contributed by atoms with van der Waals surface area (Å²) in [4.78, 5) is 28.5. The Labute approximate surface area is 516 Å². The van der Waals surface area contributed by atoms with Crippen LogP contribution in [0, 0.1) is 21.7 Å². The average molecular weight is 1140 g/mol. The van der Waals surface area contributed by atoms with Crippen LogP contribution in [0.5, 0.6) is 0 Å². The summed E-state index contributed by atoms with van der Waals surface area (Å²) in [5.41, 5.74) is 25.6. The number of allylic oxidation sites excluding steroid dienone is 14. The van der Waals surface area contributed by atoms with Gasteiger partial charge in [-0.25, -0.2) is 19.1 Å². The van der Waals surface area contributed by atoms with Gasteiger partial charge in [0, 0.05) is 71.0 Å². The Hall–Kier alpha value is -10.2. The minimum atomic E-state index is -0.355. The first-order valence-electron chi connectivity index (χ1n) is 30.5. The molecule has 10 aromatic rings. The van der Waals surface area contributed by atoms with Crippen LogP contribution >= 0.6 is 0 Å². The SMILES string of the molecule is CC(C)(C)C1=CC2=CC(c3cc[n+](Cc4ccc(-c5cc(-c6ccccn6)nc(-c6ccccn6)c5)cc4)cc3)=C3C=C(C(C)(C)C)C=C4C=C(c5cc[n+](Cc6ccc(-c7cc(-c8ccccn8)nc(-c8ccccn8)c7)cc6)cc5)C(=C1)C2(C)C43C. The number of benzene rings is 2. The van der Waals surface area contributed by atoms with E-state index in [4.69, 9.17) is 9.97 Å². The second-order valence-corrected chi connectivity index (χ2v) is 26.1. The van der Waals surface area contributed by atoms with Crippen molar-refractivity contribution in [2.24, 2.45) is 21.7 Å². The fraction of sp³-hybridized carbons (Fsp3) is 0.175. The predicted molar refractivity (Wildman–Crippen MR) is 354 cm³/mol. The molecule has 8 nitrogen and oxygen atoms in total. The van der Waals surface area contributed by atoms with Crippen molar-refractivity contribution < 1.29 is 9.13 Å². The lowest BCUT2D eigenvalue weighted by Gasteiger charge is -2.59. The molecule has 4 aliphatic rings. The van der Waals surface area contributed by atoms with Crippen molar-refractivity contribution in [3.8, 4) is 67.8 Å². The van der Waals surface area contributed by atoms with Crippen molar-refractivity contribution >= 4 is 11.1 Å². The molecule has 2 atom stereocenters. The van der Waals surface area contributed by atoms with Gasteiger partial charge in [-0.05, 0) is 174 Å². The van der Waals surface area contributed by atoms with E-state index in [0.717, 1.165) is 80.9 Å². The fourth-order valence-corrected chi connectivity index (χ4v) is 13.1. The van der Waals surface area contributed by atoms with Crippen LogP contribution in [-0.2, 0) is 13.1 Å². The summed E-state index contributed by atoms with van der Waals surface area (Å²) in [7, 11) is 0. The van der Waals surface area contributed by atoms with E-state index in [1.54, 1.807) is 0 Å². The van der Waals surface area contributed by atoms with Crippen molar-refractivity contribution in [2.75, 3.05) is 0 Å². The van der Waals surface area contributed by atoms with E-state index in [9.17, 15) is 0 Å². The highest BCUT2D eigenvalue weighted by Gasteiger charge is 2.59. The van der Waals surface area contributed by atoms with E-state index in [1.807, 2.05) is 97.6 Å². The largest absolute Gasteiger partial charge is 0.255 e. The topological polar surface area (TPSA) is 85.1 Å². The van der Waals surface area contributed by atoms with Gasteiger partial charge >= 0.3 is 0 Å². The third-order valence-corrected chi connectivity index (χ3v) is 18.4. The molecule has 88 heavy (non-hydrogen) atoms. The monoisotopic (exact) mass is 1140 g/mol. The van der Waals surface area contributed by atoms with Gasteiger partial charge in [0.25, 0.3) is 0 Å². The molecule has 2 aromatic carbocycles. The molecule has 0 radical (unpaired) electrons. The highest BCUT2D eigenvalue weighted by Crippen LogP contribution is 2.70. The first-order valence-corrected chi connectivity index (χ1v) is 30.5. The van der Waals surface area contributed by atoms with Gasteiger partial charge in [0.05, 0.1) is 45.6 Å². The van der Waals surface area contributed by atoms with Crippen molar-refractivity contribution in [1.29, 1.82) is 0 Å². The van der Waals surface area contributed by atoms with Gasteiger partial charge < -0.3 is 0 Å². The van der Waals surface area contributed by atoms with E-state index >= 15 is 0 Å². The molecule has 4 aliphatic carbocycles. The number of aromatic nitrogens is 8. The van der Waals surface area contributed by atoms with Crippen LogP contribution in [0.2, 0.25) is 0 Å². The maximum absolute atomic E-state index is 4.99. The average Bonchev–Trinajstić information content (AvgIpc) is 0.673. The molecule has 8 heteroatoms. The zero-order chi connectivity index (χ0) is 60.4. The number of rotatable bonds is 12. The van der Waals surface area contributed by atoms with Crippen LogP contribution in [0.15, 0.2) is 289 Å². The molecule has 0 fully saturated rings. The van der Waals surface area contributed by atoms with Gasteiger partial charge in [-0.2, -0.15) is 0 Å². The standard InChI is InChI=1S/C80H70N8/c1-77(2,3)61-45-63-47-66(58-31-39-88(40-32-58)52-54-23-27-56(28-24-54)60-43-75(71-19-11-15-35-83-71)86-76(44-60)72-20-12-16-36-84-72)68-50-62(78(4,5)6)46-64-48-65(67(49-61)79(63,7)80(64,68)8)57-29-37-87(38-30-57)51-53-21-25-55(26-22-53)59-41-73(69-17-9-13-33-81-69)85-74(42-59)70-18-10-14-34-82-70/h9-50H,51-52H2,1-8H3/q+2. The van der Waals surface area contributed by atoms with Gasteiger partial charge in [0.1, 0.15) is 0 Å². The van der Waals surface area contributed by atoms with Crippen LogP contribution in [-0.4, -0.2) is 29.9 Å². The second-order valence-electron chi connectivity index (χ2n) is 26.1. The Morgan fingerprint density at radius 1 is 0.352 bits per heavy atom. The molecule has 2 unspecified atom stereocenters. The maximum atomic E-state index is 4.99. The van der Waals surface area contributed by atoms with Crippen molar-refractivity contribution in [3.63, 3.8) is 0 Å². The van der Waals surface area contributed by atoms with Gasteiger partial charge in [-0.3, -0.25) is 19.9 Å². The lowest BCUT2D eigenvalue weighted by atomic mass is 9.43. The van der Waals surface area contributed by atoms with Crippen LogP contribution < -0.4 is 9.13 Å². The molecule has 428 valence electrons. The van der Waals surface area contributed by atoms with Crippen molar-refractivity contribution in [3.05, 3.63) is 312 Å². The summed E-state index contributed by atoms with van der Waals surface area (Å²) in [6.07, 6.45) is 31.4. The highest BCUT2D eigenvalue weighted by atomic mass is 14.9. The predicted octanol–water partition coefficient (Wildman–Crippen LogP) is 17.4. The molecule has 8 heterocycles. The van der Waals surface area contributed by atoms with Gasteiger partial charge in [-0.15, -0.1) is 0 Å². The Kier molecular flexibility index (Phi) is 13.9. The van der Waals surface area contributed by atoms with Crippen LogP contribution in [0.1, 0.15) is 77.6 Å². The lowest BCUT2D eigenvalue weighted by Crippen LogP contribution is -2.49. The highest BCUT2D eigenvalue weighted by molar-refractivity contribution is 5.95. The molecule has 8 aromatic heterocycles. The molecule has 0 bridgehead atoms. The third kappa shape index (κ3) is 10.3. The van der Waals surface area contributed by atoms with E-state index < -0.39 is 0 Å². The molecular formula is C80H70N8+2. The summed E-state index contributed by atoms with van der Waals surface area (Å²) in [5.74, 6) is 0. The Balaban J connectivity index is 0.761. The number of pyridine rings is 8. The van der Waals surface area contributed by atoms with E-state index in [1.165, 1.54) is 66.8 Å². The fourth-order valence-electron chi connectivity index (χ4n) is 13.1. The first kappa shape index (κ1) is 55.7. The van der Waals surface area contributed by atoms with Crippen LogP contribution in [0.4, 0.5) is 0 Å². The molecule has 0 saturated heterocycles. The molecular weight excluding hydrogens is 1070 g/mol. The quantitative estimate of drug-likeness (QED) is 0.113. The van der Waals surface area contributed by atoms with Crippen LogP contribution in [0.3, 0.4) is 0 Å². The minimum absolute atomic E-state index is 0.0806. The molecule has 14 rings (SSSR count). The Bertz CT molecular complexity index is 4450. The summed E-state index contributed by atoms with van der Waals surface area (Å²) >= 11 is 0. The van der Waals surface area contributed by atoms with Gasteiger partial charge in [0.2, 0.25) is 0 Å². The normalized spacial score (nSPS) is 17.9. The van der Waals surface area contributed by atoms with E-state index in [0.29, 0.717) is 0 Å². The molecule has 0 saturated carbocycles. The molecule has 0 spiro atoms. The molecule has 0 N–H and O–H groups in total. The molecule has 0 aliphatic heterocycles. The molecule has 0 amide bonds. The minimum Gasteiger partial charge on any atom is -0.255 e. The number of nitrogens with zero attached hydrogens (tertiary/aromatic N) is 8. The Morgan fingerprint density at radius 2 is 0.750 bits per heavy atom. The summed E-state index contributed by atoms with van der Waals surface area (Å²) < 4.78 is 4.58. The second kappa shape index (κ2) is 22.0. The summed E-state index contributed by atoms with van der Waals surface area (Å²) in [5, 5.41) is 0. The van der Waals surface area contributed by atoms with Crippen molar-refractivity contribution in [1.82, 2.24) is 29.9 Å². The third-order valence-electron chi connectivity index (χ3n) is 18.4.